The molecule has 1 unspecified atom stereocenters. The van der Waals surface area contributed by atoms with Gasteiger partial charge in [0.05, 0.1) is 35.4 Å². The molecule has 0 aromatic carbocycles. The van der Waals surface area contributed by atoms with Crippen molar-refractivity contribution in [1.29, 1.82) is 0 Å². The topological polar surface area (TPSA) is 118 Å². The largest absolute Gasteiger partial charge is 0.467 e. The first-order chi connectivity index (χ1) is 11.9. The van der Waals surface area contributed by atoms with Crippen molar-refractivity contribution in [2.24, 2.45) is 0 Å². The third-order valence-corrected chi connectivity index (χ3v) is 5.60. The number of rotatable bonds is 5. The molecule has 0 bridgehead atoms. The zero-order valence-corrected chi connectivity index (χ0v) is 14.1. The summed E-state index contributed by atoms with van der Waals surface area (Å²) in [4.78, 5) is 28.3. The van der Waals surface area contributed by atoms with Crippen LogP contribution in [0.3, 0.4) is 0 Å². The molecule has 132 valence electrons. The maximum Gasteiger partial charge on any atom is 0.253 e. The van der Waals surface area contributed by atoms with Crippen molar-refractivity contribution in [3.63, 3.8) is 0 Å². The molecule has 1 saturated heterocycles. The molecule has 25 heavy (non-hydrogen) atoms. The third-order valence-electron chi connectivity index (χ3n) is 3.83. The Bertz CT molecular complexity index is 877. The Morgan fingerprint density at radius 1 is 1.24 bits per heavy atom. The fourth-order valence-corrected chi connectivity index (χ4v) is 4.22. The van der Waals surface area contributed by atoms with Gasteiger partial charge in [-0.05, 0) is 24.6 Å². The van der Waals surface area contributed by atoms with Crippen LogP contribution in [0.1, 0.15) is 32.9 Å². The fourth-order valence-electron chi connectivity index (χ4n) is 2.55. The second-order valence-electron chi connectivity index (χ2n) is 5.80. The highest BCUT2D eigenvalue weighted by Gasteiger charge is 2.29. The van der Waals surface area contributed by atoms with Gasteiger partial charge in [0.2, 0.25) is 0 Å². The summed E-state index contributed by atoms with van der Waals surface area (Å²) in [6.07, 6.45) is 4.60. The average Bonchev–Trinajstić information content (AvgIpc) is 3.22. The van der Waals surface area contributed by atoms with Crippen molar-refractivity contribution in [3.8, 4) is 0 Å². The summed E-state index contributed by atoms with van der Waals surface area (Å²) in [7, 11) is -3.08. The number of hydrogen-bond donors (Lipinski definition) is 2. The summed E-state index contributed by atoms with van der Waals surface area (Å²) in [5, 5.41) is 5.33. The number of hydrogen-bond acceptors (Lipinski definition) is 6. The van der Waals surface area contributed by atoms with Crippen LogP contribution < -0.4 is 10.6 Å². The van der Waals surface area contributed by atoms with Crippen molar-refractivity contribution in [2.75, 3.05) is 11.5 Å². The lowest BCUT2D eigenvalue weighted by Gasteiger charge is -2.11. The lowest BCUT2D eigenvalue weighted by atomic mass is 10.1. The molecule has 1 atom stereocenters. The van der Waals surface area contributed by atoms with E-state index in [2.05, 4.69) is 15.6 Å². The standard InChI is InChI=1S/C16H17N3O5S/c20-15(18-9-14-2-1-4-24-14)11-6-12(8-17-7-11)16(21)19-13-3-5-25(22,23)10-13/h1-2,4,6-8,13H,3,5,9-10H2,(H,18,20)(H,19,21). The van der Waals surface area contributed by atoms with Crippen LogP contribution >= 0.6 is 0 Å². The molecule has 3 rings (SSSR count). The number of aromatic nitrogens is 1. The van der Waals surface area contributed by atoms with Gasteiger partial charge in [-0.15, -0.1) is 0 Å². The van der Waals surface area contributed by atoms with E-state index in [1.54, 1.807) is 12.1 Å². The SMILES string of the molecule is O=C(NCc1ccco1)c1cncc(C(=O)NC2CCS(=O)(=O)C2)c1. The molecule has 1 aliphatic heterocycles. The van der Waals surface area contributed by atoms with Crippen molar-refractivity contribution >= 4 is 21.7 Å². The van der Waals surface area contributed by atoms with E-state index < -0.39 is 21.8 Å². The van der Waals surface area contributed by atoms with Crippen molar-refractivity contribution in [1.82, 2.24) is 15.6 Å². The summed E-state index contributed by atoms with van der Waals surface area (Å²) < 4.78 is 28.0. The molecule has 0 spiro atoms. The van der Waals surface area contributed by atoms with E-state index >= 15 is 0 Å². The van der Waals surface area contributed by atoms with Crippen LogP contribution in [-0.2, 0) is 16.4 Å². The van der Waals surface area contributed by atoms with E-state index in [0.29, 0.717) is 12.2 Å². The van der Waals surface area contributed by atoms with Gasteiger partial charge in [-0.2, -0.15) is 0 Å². The Morgan fingerprint density at radius 2 is 2.00 bits per heavy atom. The predicted octanol–water partition coefficient (Wildman–Crippen LogP) is 0.522. The smallest absolute Gasteiger partial charge is 0.253 e. The maximum absolute atomic E-state index is 12.2. The molecule has 0 radical (unpaired) electrons. The van der Waals surface area contributed by atoms with Gasteiger partial charge < -0.3 is 15.1 Å². The molecule has 2 N–H and O–H groups in total. The second kappa shape index (κ2) is 7.06. The number of nitrogens with one attached hydrogen (secondary N) is 2. The highest BCUT2D eigenvalue weighted by Crippen LogP contribution is 2.12. The summed E-state index contributed by atoms with van der Waals surface area (Å²) in [6, 6.07) is 4.47. The van der Waals surface area contributed by atoms with Gasteiger partial charge in [0, 0.05) is 18.4 Å². The van der Waals surface area contributed by atoms with Crippen LogP contribution in [0.2, 0.25) is 0 Å². The minimum absolute atomic E-state index is 0.0600. The van der Waals surface area contributed by atoms with E-state index in [1.807, 2.05) is 0 Å². The lowest BCUT2D eigenvalue weighted by molar-refractivity contribution is 0.0940. The lowest BCUT2D eigenvalue weighted by Crippen LogP contribution is -2.35. The molecule has 9 heteroatoms. The Labute approximate surface area is 144 Å². The Balaban J connectivity index is 1.62. The molecule has 2 amide bonds. The summed E-state index contributed by atoms with van der Waals surface area (Å²) in [5.74, 6) is -0.212. The number of sulfone groups is 1. The molecular formula is C16H17N3O5S. The molecule has 1 aliphatic rings. The Hall–Kier alpha value is -2.68. The van der Waals surface area contributed by atoms with Crippen LogP contribution in [0.5, 0.6) is 0 Å². The summed E-state index contributed by atoms with van der Waals surface area (Å²) >= 11 is 0. The highest BCUT2D eigenvalue weighted by atomic mass is 32.2. The first kappa shape index (κ1) is 17.2. The van der Waals surface area contributed by atoms with Crippen molar-refractivity contribution in [3.05, 3.63) is 53.7 Å². The molecule has 0 aliphatic carbocycles. The molecule has 8 nitrogen and oxygen atoms in total. The number of amides is 2. The summed E-state index contributed by atoms with van der Waals surface area (Å²) in [6.45, 7) is 0.224. The number of nitrogens with zero attached hydrogens (tertiary/aromatic N) is 1. The minimum Gasteiger partial charge on any atom is -0.467 e. The Morgan fingerprint density at radius 3 is 2.64 bits per heavy atom. The van der Waals surface area contributed by atoms with Crippen LogP contribution in [0.4, 0.5) is 0 Å². The van der Waals surface area contributed by atoms with Gasteiger partial charge in [-0.1, -0.05) is 0 Å². The first-order valence-corrected chi connectivity index (χ1v) is 9.52. The maximum atomic E-state index is 12.2. The van der Waals surface area contributed by atoms with E-state index in [9.17, 15) is 18.0 Å². The zero-order chi connectivity index (χ0) is 17.9. The van der Waals surface area contributed by atoms with Gasteiger partial charge in [0.15, 0.2) is 9.84 Å². The van der Waals surface area contributed by atoms with Gasteiger partial charge in [-0.3, -0.25) is 14.6 Å². The average molecular weight is 363 g/mol. The van der Waals surface area contributed by atoms with E-state index in [1.165, 1.54) is 24.7 Å². The zero-order valence-electron chi connectivity index (χ0n) is 13.3. The first-order valence-electron chi connectivity index (χ1n) is 7.70. The monoisotopic (exact) mass is 363 g/mol. The molecular weight excluding hydrogens is 346 g/mol. The van der Waals surface area contributed by atoms with E-state index in [4.69, 9.17) is 4.42 Å². The number of pyridine rings is 1. The minimum atomic E-state index is -3.08. The number of furan rings is 1. The Kier molecular flexibility index (Phi) is 4.84. The van der Waals surface area contributed by atoms with Gasteiger partial charge in [0.1, 0.15) is 5.76 Å². The molecule has 3 heterocycles. The van der Waals surface area contributed by atoms with Crippen molar-refractivity contribution in [2.45, 2.75) is 19.0 Å². The van der Waals surface area contributed by atoms with Crippen LogP contribution in [-0.4, -0.2) is 42.8 Å². The van der Waals surface area contributed by atoms with Crippen molar-refractivity contribution < 1.29 is 22.4 Å². The normalized spacial score (nSPS) is 18.6. The van der Waals surface area contributed by atoms with E-state index in [-0.39, 0.29) is 35.1 Å². The number of carbonyl (C=O) groups is 2. The van der Waals surface area contributed by atoms with Gasteiger partial charge >= 0.3 is 0 Å². The second-order valence-corrected chi connectivity index (χ2v) is 8.03. The van der Waals surface area contributed by atoms with Crippen LogP contribution in [0.25, 0.3) is 0 Å². The van der Waals surface area contributed by atoms with Crippen LogP contribution in [0, 0.1) is 0 Å². The molecule has 1 fully saturated rings. The predicted molar refractivity (Wildman–Crippen MR) is 88.6 cm³/mol. The van der Waals surface area contributed by atoms with Gasteiger partial charge in [-0.25, -0.2) is 8.42 Å². The number of carbonyl (C=O) groups excluding carboxylic acids is 2. The highest BCUT2D eigenvalue weighted by molar-refractivity contribution is 7.91. The molecule has 0 saturated carbocycles. The van der Waals surface area contributed by atoms with Gasteiger partial charge in [0.25, 0.3) is 11.8 Å². The molecule has 2 aromatic heterocycles. The quantitative estimate of drug-likeness (QED) is 0.799. The summed E-state index contributed by atoms with van der Waals surface area (Å²) in [5.41, 5.74) is 0.438. The third kappa shape index (κ3) is 4.44. The molecule has 2 aromatic rings. The fraction of sp³-hybridized carbons (Fsp3) is 0.312. The van der Waals surface area contributed by atoms with E-state index in [0.717, 1.165) is 0 Å². The van der Waals surface area contributed by atoms with Crippen LogP contribution in [0.15, 0.2) is 41.3 Å².